The van der Waals surface area contributed by atoms with Gasteiger partial charge in [0.05, 0.1) is 25.4 Å². The lowest BCUT2D eigenvalue weighted by atomic mass is 9.90. The number of hydrogen-bond acceptors (Lipinski definition) is 4. The Bertz CT molecular complexity index is 777. The molecule has 138 valence electrons. The van der Waals surface area contributed by atoms with E-state index in [0.717, 1.165) is 42.9 Å². The van der Waals surface area contributed by atoms with Crippen molar-refractivity contribution in [2.75, 3.05) is 25.1 Å². The molecule has 1 amide bonds. The molecule has 1 aliphatic heterocycles. The zero-order chi connectivity index (χ0) is 18.1. The number of rotatable bonds is 4. The molecule has 1 aromatic heterocycles. The third-order valence-corrected chi connectivity index (χ3v) is 5.63. The zero-order valence-electron chi connectivity index (χ0n) is 15.5. The van der Waals surface area contributed by atoms with Crippen LogP contribution in [0.15, 0.2) is 36.7 Å². The summed E-state index contributed by atoms with van der Waals surface area (Å²) in [5.74, 6) is 1.00. The van der Waals surface area contributed by atoms with Crippen LogP contribution in [0.3, 0.4) is 0 Å². The van der Waals surface area contributed by atoms with E-state index in [1.807, 2.05) is 48.4 Å². The topological polar surface area (TPSA) is 50.6 Å². The number of anilines is 1. The first-order chi connectivity index (χ1) is 12.6. The highest BCUT2D eigenvalue weighted by Gasteiger charge is 2.47. The molecule has 6 heteroatoms. The number of carbonyl (C=O) groups excluding carboxylic acids is 1. The molecule has 4 rings (SSSR count). The smallest absolute Gasteiger partial charge is 0.241 e. The summed E-state index contributed by atoms with van der Waals surface area (Å²) in [5.41, 5.74) is 2.05. The number of ether oxygens (including phenoxy) is 1. The molecule has 2 fully saturated rings. The molecule has 1 saturated carbocycles. The summed E-state index contributed by atoms with van der Waals surface area (Å²) in [7, 11) is 3.59. The molecule has 1 spiro atoms. The average molecular weight is 354 g/mol. The molecule has 2 aliphatic rings. The molecule has 1 saturated heterocycles. The van der Waals surface area contributed by atoms with E-state index in [4.69, 9.17) is 4.74 Å². The van der Waals surface area contributed by atoms with Crippen LogP contribution in [0, 0.1) is 0 Å². The van der Waals surface area contributed by atoms with Crippen molar-refractivity contribution in [3.8, 4) is 5.75 Å². The van der Waals surface area contributed by atoms with Crippen molar-refractivity contribution in [2.24, 2.45) is 7.05 Å². The maximum atomic E-state index is 13.1. The van der Waals surface area contributed by atoms with Crippen molar-refractivity contribution in [2.45, 2.75) is 37.8 Å². The molecule has 6 nitrogen and oxygen atoms in total. The Morgan fingerprint density at radius 2 is 1.92 bits per heavy atom. The van der Waals surface area contributed by atoms with Crippen LogP contribution in [0.25, 0.3) is 0 Å². The van der Waals surface area contributed by atoms with E-state index >= 15 is 0 Å². The summed E-state index contributed by atoms with van der Waals surface area (Å²) in [4.78, 5) is 17.5. The number of piperazine rings is 1. The molecule has 0 atom stereocenters. The number of benzene rings is 1. The van der Waals surface area contributed by atoms with E-state index in [9.17, 15) is 4.79 Å². The van der Waals surface area contributed by atoms with Gasteiger partial charge in [0.1, 0.15) is 5.75 Å². The van der Waals surface area contributed by atoms with Crippen molar-refractivity contribution in [3.05, 3.63) is 42.2 Å². The van der Waals surface area contributed by atoms with Crippen LogP contribution in [0.1, 0.15) is 31.2 Å². The van der Waals surface area contributed by atoms with Crippen molar-refractivity contribution in [1.29, 1.82) is 0 Å². The van der Waals surface area contributed by atoms with Gasteiger partial charge in [-0.15, -0.1) is 0 Å². The molecular formula is C20H26N4O2. The highest BCUT2D eigenvalue weighted by Crippen LogP contribution is 2.41. The Kier molecular flexibility index (Phi) is 4.44. The Hall–Kier alpha value is -2.34. The van der Waals surface area contributed by atoms with E-state index in [1.54, 1.807) is 7.11 Å². The van der Waals surface area contributed by atoms with Gasteiger partial charge in [-0.05, 0) is 37.1 Å². The van der Waals surface area contributed by atoms with Crippen molar-refractivity contribution in [1.82, 2.24) is 14.7 Å². The van der Waals surface area contributed by atoms with Crippen LogP contribution in [-0.2, 0) is 18.4 Å². The van der Waals surface area contributed by atoms with E-state index < -0.39 is 0 Å². The number of amides is 1. The van der Waals surface area contributed by atoms with Crippen LogP contribution in [0.4, 0.5) is 5.69 Å². The second-order valence-corrected chi connectivity index (χ2v) is 7.53. The SMILES string of the molecule is COc1ccc(N2C(=O)CN(Cc3cnn(C)c3)CC23CCCC3)cc1. The van der Waals surface area contributed by atoms with Gasteiger partial charge < -0.3 is 9.64 Å². The number of carbonyl (C=O) groups is 1. The Balaban J connectivity index is 1.60. The molecule has 2 heterocycles. The van der Waals surface area contributed by atoms with Crippen LogP contribution in [-0.4, -0.2) is 46.3 Å². The second-order valence-electron chi connectivity index (χ2n) is 7.53. The van der Waals surface area contributed by atoms with Crippen molar-refractivity contribution in [3.63, 3.8) is 0 Å². The van der Waals surface area contributed by atoms with Crippen LogP contribution < -0.4 is 9.64 Å². The van der Waals surface area contributed by atoms with Crippen molar-refractivity contribution < 1.29 is 9.53 Å². The average Bonchev–Trinajstić information content (AvgIpc) is 3.24. The van der Waals surface area contributed by atoms with Gasteiger partial charge in [0.2, 0.25) is 5.91 Å². The van der Waals surface area contributed by atoms with Crippen LogP contribution in [0.2, 0.25) is 0 Å². The predicted octanol–water partition coefficient (Wildman–Crippen LogP) is 2.59. The summed E-state index contributed by atoms with van der Waals surface area (Å²) in [6.45, 7) is 2.14. The van der Waals surface area contributed by atoms with Gasteiger partial charge in [-0.3, -0.25) is 14.4 Å². The number of aryl methyl sites for hydroxylation is 1. The van der Waals surface area contributed by atoms with Gasteiger partial charge in [-0.1, -0.05) is 12.8 Å². The molecule has 1 aliphatic carbocycles. The molecule has 0 bridgehead atoms. The fourth-order valence-corrected chi connectivity index (χ4v) is 4.56. The predicted molar refractivity (Wildman–Crippen MR) is 100 cm³/mol. The zero-order valence-corrected chi connectivity index (χ0v) is 15.5. The summed E-state index contributed by atoms with van der Waals surface area (Å²) in [6, 6.07) is 7.89. The Morgan fingerprint density at radius 3 is 2.54 bits per heavy atom. The van der Waals surface area contributed by atoms with Gasteiger partial charge in [0.15, 0.2) is 0 Å². The van der Waals surface area contributed by atoms with Gasteiger partial charge in [0.25, 0.3) is 0 Å². The van der Waals surface area contributed by atoms with Gasteiger partial charge in [0, 0.05) is 37.6 Å². The van der Waals surface area contributed by atoms with E-state index in [0.29, 0.717) is 6.54 Å². The third kappa shape index (κ3) is 3.09. The van der Waals surface area contributed by atoms with E-state index in [1.165, 1.54) is 12.8 Å². The van der Waals surface area contributed by atoms with Gasteiger partial charge in [-0.2, -0.15) is 5.10 Å². The fourth-order valence-electron chi connectivity index (χ4n) is 4.56. The minimum Gasteiger partial charge on any atom is -0.497 e. The standard InChI is InChI=1S/C20H26N4O2/c1-22-12-16(11-21-22)13-23-14-19(25)24(20(15-23)9-3-4-10-20)17-5-7-18(26-2)8-6-17/h5-8,11-12H,3-4,9-10,13-15H2,1-2H3. The van der Waals surface area contributed by atoms with Gasteiger partial charge in [-0.25, -0.2) is 0 Å². The Labute approximate surface area is 154 Å². The minimum atomic E-state index is -0.0911. The Morgan fingerprint density at radius 1 is 1.19 bits per heavy atom. The highest BCUT2D eigenvalue weighted by molar-refractivity contribution is 5.97. The summed E-state index contributed by atoms with van der Waals surface area (Å²) >= 11 is 0. The second kappa shape index (κ2) is 6.76. The number of hydrogen-bond donors (Lipinski definition) is 0. The van der Waals surface area contributed by atoms with Crippen LogP contribution in [0.5, 0.6) is 5.75 Å². The van der Waals surface area contributed by atoms with E-state index in [2.05, 4.69) is 14.9 Å². The number of methoxy groups -OCH3 is 1. The lowest BCUT2D eigenvalue weighted by molar-refractivity contribution is -0.124. The first-order valence-corrected chi connectivity index (χ1v) is 9.27. The van der Waals surface area contributed by atoms with E-state index in [-0.39, 0.29) is 11.4 Å². The van der Waals surface area contributed by atoms with Gasteiger partial charge >= 0.3 is 0 Å². The maximum Gasteiger partial charge on any atom is 0.241 e. The largest absolute Gasteiger partial charge is 0.497 e. The normalized spacial score (nSPS) is 20.1. The molecule has 1 aromatic carbocycles. The maximum absolute atomic E-state index is 13.1. The highest BCUT2D eigenvalue weighted by atomic mass is 16.5. The van der Waals surface area contributed by atoms with Crippen molar-refractivity contribution >= 4 is 11.6 Å². The first kappa shape index (κ1) is 17.1. The summed E-state index contributed by atoms with van der Waals surface area (Å²) in [5, 5.41) is 4.25. The monoisotopic (exact) mass is 354 g/mol. The molecule has 0 N–H and O–H groups in total. The van der Waals surface area contributed by atoms with Crippen LogP contribution >= 0.6 is 0 Å². The lowest BCUT2D eigenvalue weighted by Crippen LogP contribution is -2.63. The summed E-state index contributed by atoms with van der Waals surface area (Å²) in [6.07, 6.45) is 8.41. The third-order valence-electron chi connectivity index (χ3n) is 5.63. The molecule has 2 aromatic rings. The molecular weight excluding hydrogens is 328 g/mol. The first-order valence-electron chi connectivity index (χ1n) is 9.27. The molecule has 0 unspecified atom stereocenters. The lowest BCUT2D eigenvalue weighted by Gasteiger charge is -2.49. The molecule has 0 radical (unpaired) electrons. The fraction of sp³-hybridized carbons (Fsp3) is 0.500. The minimum absolute atomic E-state index is 0.0911. The number of nitrogens with zero attached hydrogens (tertiary/aromatic N) is 4. The summed E-state index contributed by atoms with van der Waals surface area (Å²) < 4.78 is 7.08. The number of aromatic nitrogens is 2. The molecule has 26 heavy (non-hydrogen) atoms. The quantitative estimate of drug-likeness (QED) is 0.847.